The molecule has 14 heavy (non-hydrogen) atoms. The Bertz CT molecular complexity index is 493. The van der Waals surface area contributed by atoms with Crippen LogP contribution in [0.1, 0.15) is 12.0 Å². The normalized spacial score (nSPS) is 10.3. The Morgan fingerprint density at radius 1 is 1.43 bits per heavy atom. The zero-order chi connectivity index (χ0) is 9.97. The zero-order valence-corrected chi connectivity index (χ0v) is 7.55. The highest BCUT2D eigenvalue weighted by atomic mass is 19.1. The van der Waals surface area contributed by atoms with Gasteiger partial charge >= 0.3 is 0 Å². The molecule has 0 bridgehead atoms. The fourth-order valence-corrected chi connectivity index (χ4v) is 1.60. The van der Waals surface area contributed by atoms with E-state index in [2.05, 4.69) is 11.1 Å². The molecule has 1 heterocycles. The second kappa shape index (κ2) is 3.51. The fourth-order valence-electron chi connectivity index (χ4n) is 1.60. The molecule has 1 aromatic carbocycles. The Balaban J connectivity index is 2.51. The maximum atomic E-state index is 13.4. The van der Waals surface area contributed by atoms with Gasteiger partial charge in [0.1, 0.15) is 5.82 Å². The predicted octanol–water partition coefficient (Wildman–Crippen LogP) is 2.76. The molecule has 3 heteroatoms. The van der Waals surface area contributed by atoms with Crippen molar-refractivity contribution in [2.75, 3.05) is 0 Å². The number of aryl methyl sites for hydroxylation is 1. The van der Waals surface area contributed by atoms with Gasteiger partial charge in [-0.25, -0.2) is 4.39 Å². The summed E-state index contributed by atoms with van der Waals surface area (Å²) in [6, 6.07) is 6.99. The maximum absolute atomic E-state index is 13.4. The van der Waals surface area contributed by atoms with Crippen LogP contribution < -0.4 is 0 Å². The van der Waals surface area contributed by atoms with E-state index in [4.69, 9.17) is 5.26 Å². The third kappa shape index (κ3) is 1.35. The fraction of sp³-hybridized carbons (Fsp3) is 0.182. The molecule has 0 radical (unpaired) electrons. The lowest BCUT2D eigenvalue weighted by molar-refractivity contribution is 0.639. The van der Waals surface area contributed by atoms with Crippen molar-refractivity contribution in [3.05, 3.63) is 35.8 Å². The second-order valence-electron chi connectivity index (χ2n) is 3.13. The molecule has 0 spiro atoms. The first-order chi connectivity index (χ1) is 6.83. The van der Waals surface area contributed by atoms with Gasteiger partial charge in [0.05, 0.1) is 6.07 Å². The highest BCUT2D eigenvalue weighted by Gasteiger charge is 2.07. The molecule has 1 aromatic heterocycles. The summed E-state index contributed by atoms with van der Waals surface area (Å²) >= 11 is 0. The van der Waals surface area contributed by atoms with Gasteiger partial charge in [0, 0.05) is 23.5 Å². The van der Waals surface area contributed by atoms with E-state index >= 15 is 0 Å². The number of fused-ring (bicyclic) bond motifs is 1. The van der Waals surface area contributed by atoms with Crippen molar-refractivity contribution in [2.24, 2.45) is 0 Å². The first-order valence-corrected chi connectivity index (χ1v) is 4.44. The lowest BCUT2D eigenvalue weighted by Crippen LogP contribution is -1.83. The number of rotatable bonds is 2. The van der Waals surface area contributed by atoms with Crippen LogP contribution in [0.2, 0.25) is 0 Å². The van der Waals surface area contributed by atoms with Crippen LogP contribution in [0.4, 0.5) is 4.39 Å². The third-order valence-electron chi connectivity index (χ3n) is 2.24. The molecule has 0 saturated carbocycles. The van der Waals surface area contributed by atoms with E-state index in [0.717, 1.165) is 11.1 Å². The minimum Gasteiger partial charge on any atom is -0.361 e. The van der Waals surface area contributed by atoms with Crippen LogP contribution in [-0.4, -0.2) is 4.98 Å². The summed E-state index contributed by atoms with van der Waals surface area (Å²) < 4.78 is 13.4. The zero-order valence-electron chi connectivity index (χ0n) is 7.55. The van der Waals surface area contributed by atoms with Gasteiger partial charge in [-0.3, -0.25) is 0 Å². The van der Waals surface area contributed by atoms with Crippen LogP contribution in [0, 0.1) is 17.1 Å². The monoisotopic (exact) mass is 188 g/mol. The van der Waals surface area contributed by atoms with Gasteiger partial charge in [0.15, 0.2) is 0 Å². The molecule has 2 rings (SSSR count). The average molecular weight is 188 g/mol. The minimum absolute atomic E-state index is 0.225. The number of benzene rings is 1. The van der Waals surface area contributed by atoms with Gasteiger partial charge in [-0.15, -0.1) is 0 Å². The van der Waals surface area contributed by atoms with Crippen LogP contribution in [0.25, 0.3) is 10.9 Å². The Morgan fingerprint density at radius 2 is 2.29 bits per heavy atom. The second-order valence-corrected chi connectivity index (χ2v) is 3.13. The van der Waals surface area contributed by atoms with Crippen molar-refractivity contribution in [1.29, 1.82) is 5.26 Å². The summed E-state index contributed by atoms with van der Waals surface area (Å²) in [6.07, 6.45) is 2.78. The number of halogens is 1. The quantitative estimate of drug-likeness (QED) is 0.773. The smallest absolute Gasteiger partial charge is 0.132 e. The maximum Gasteiger partial charge on any atom is 0.132 e. The number of nitriles is 1. The van der Waals surface area contributed by atoms with E-state index in [1.165, 1.54) is 6.07 Å². The van der Waals surface area contributed by atoms with Gasteiger partial charge in [0.25, 0.3) is 0 Å². The SMILES string of the molecule is N#CCCc1c[nH]c2cccc(F)c12. The molecule has 70 valence electrons. The Labute approximate surface area is 81.0 Å². The molecule has 0 saturated heterocycles. The van der Waals surface area contributed by atoms with Crippen molar-refractivity contribution >= 4 is 10.9 Å². The number of hydrogen-bond acceptors (Lipinski definition) is 1. The molecule has 0 unspecified atom stereocenters. The molecule has 0 atom stereocenters. The van der Waals surface area contributed by atoms with E-state index in [1.807, 2.05) is 6.07 Å². The van der Waals surface area contributed by atoms with Gasteiger partial charge in [-0.2, -0.15) is 5.26 Å². The molecule has 0 aliphatic carbocycles. The summed E-state index contributed by atoms with van der Waals surface area (Å²) in [5.74, 6) is -0.225. The van der Waals surface area contributed by atoms with Crippen LogP contribution >= 0.6 is 0 Å². The van der Waals surface area contributed by atoms with Gasteiger partial charge in [-0.1, -0.05) is 6.07 Å². The number of aromatic amines is 1. The number of nitrogens with one attached hydrogen (secondary N) is 1. The number of H-pyrrole nitrogens is 1. The summed E-state index contributed by atoms with van der Waals surface area (Å²) in [6.45, 7) is 0. The average Bonchev–Trinajstić information content (AvgIpc) is 2.59. The topological polar surface area (TPSA) is 39.6 Å². The molecule has 2 aromatic rings. The van der Waals surface area contributed by atoms with Crippen molar-refractivity contribution in [1.82, 2.24) is 4.98 Å². The molecule has 0 aliphatic heterocycles. The molecule has 0 amide bonds. The summed E-state index contributed by atoms with van der Waals surface area (Å²) in [5.41, 5.74) is 1.66. The summed E-state index contributed by atoms with van der Waals surface area (Å²) in [4.78, 5) is 2.99. The molecule has 0 aliphatic rings. The number of aromatic nitrogens is 1. The molecule has 1 N–H and O–H groups in total. The lowest BCUT2D eigenvalue weighted by atomic mass is 10.1. The lowest BCUT2D eigenvalue weighted by Gasteiger charge is -1.95. The predicted molar refractivity (Wildman–Crippen MR) is 52.2 cm³/mol. The van der Waals surface area contributed by atoms with Crippen molar-refractivity contribution < 1.29 is 4.39 Å². The molecule has 2 nitrogen and oxygen atoms in total. The van der Waals surface area contributed by atoms with Crippen molar-refractivity contribution in [3.63, 3.8) is 0 Å². The highest BCUT2D eigenvalue weighted by Crippen LogP contribution is 2.22. The Hall–Kier alpha value is -1.82. The summed E-state index contributed by atoms with van der Waals surface area (Å²) in [7, 11) is 0. The van der Waals surface area contributed by atoms with Gasteiger partial charge in [0.2, 0.25) is 0 Å². The molecule has 0 fully saturated rings. The van der Waals surface area contributed by atoms with Crippen LogP contribution in [0.3, 0.4) is 0 Å². The van der Waals surface area contributed by atoms with Gasteiger partial charge in [-0.05, 0) is 24.1 Å². The van der Waals surface area contributed by atoms with Crippen molar-refractivity contribution in [2.45, 2.75) is 12.8 Å². The Kier molecular flexibility index (Phi) is 2.19. The number of nitrogens with zero attached hydrogens (tertiary/aromatic N) is 1. The molecular formula is C11H9FN2. The van der Waals surface area contributed by atoms with E-state index in [0.29, 0.717) is 18.2 Å². The van der Waals surface area contributed by atoms with Gasteiger partial charge < -0.3 is 4.98 Å². The largest absolute Gasteiger partial charge is 0.361 e. The highest BCUT2D eigenvalue weighted by molar-refractivity contribution is 5.83. The molecular weight excluding hydrogens is 179 g/mol. The van der Waals surface area contributed by atoms with Crippen LogP contribution in [0.15, 0.2) is 24.4 Å². The standard InChI is InChI=1S/C11H9FN2/c12-9-4-1-5-10-11(9)8(7-14-10)3-2-6-13/h1,4-5,7,14H,2-3H2. The summed E-state index contributed by atoms with van der Waals surface area (Å²) in [5, 5.41) is 9.07. The van der Waals surface area contributed by atoms with Crippen LogP contribution in [0.5, 0.6) is 0 Å². The van der Waals surface area contributed by atoms with E-state index in [1.54, 1.807) is 12.3 Å². The first kappa shape index (κ1) is 8.76. The number of hydrogen-bond donors (Lipinski definition) is 1. The first-order valence-electron chi connectivity index (χ1n) is 4.44. The van der Waals surface area contributed by atoms with E-state index < -0.39 is 0 Å². The van der Waals surface area contributed by atoms with Crippen LogP contribution in [-0.2, 0) is 6.42 Å². The Morgan fingerprint density at radius 3 is 3.07 bits per heavy atom. The third-order valence-corrected chi connectivity index (χ3v) is 2.24. The minimum atomic E-state index is -0.225. The van der Waals surface area contributed by atoms with E-state index in [9.17, 15) is 4.39 Å². The van der Waals surface area contributed by atoms with E-state index in [-0.39, 0.29) is 5.82 Å². The van der Waals surface area contributed by atoms with Crippen molar-refractivity contribution in [3.8, 4) is 6.07 Å².